The number of allylic oxidation sites excluding steroid dienone is 1. The van der Waals surface area contributed by atoms with Crippen LogP contribution in [0.15, 0.2) is 65.9 Å². The van der Waals surface area contributed by atoms with Gasteiger partial charge in [-0.2, -0.15) is 4.68 Å². The van der Waals surface area contributed by atoms with Gasteiger partial charge >= 0.3 is 5.97 Å². The van der Waals surface area contributed by atoms with Crippen LogP contribution in [0.5, 0.6) is 0 Å². The van der Waals surface area contributed by atoms with Crippen LogP contribution in [0.25, 0.3) is 0 Å². The smallest absolute Gasteiger partial charge is 0.355 e. The van der Waals surface area contributed by atoms with Crippen molar-refractivity contribution >= 4 is 17.7 Å². The molecule has 1 aliphatic heterocycles. The fraction of sp³-hybridized carbons (Fsp3) is 0.105. The number of carbonyl (C=O) groups excluding carboxylic acids is 2. The second-order valence-electron chi connectivity index (χ2n) is 6.00. The van der Waals surface area contributed by atoms with Crippen molar-refractivity contribution in [1.29, 1.82) is 0 Å². The topological polar surface area (TPSA) is 99.0 Å². The Bertz CT molecular complexity index is 1080. The fourth-order valence-electron chi connectivity index (χ4n) is 3.09. The van der Waals surface area contributed by atoms with Gasteiger partial charge in [-0.15, -0.1) is 0 Å². The van der Waals surface area contributed by atoms with Crippen molar-refractivity contribution in [2.24, 2.45) is 0 Å². The zero-order chi connectivity index (χ0) is 19.7. The van der Waals surface area contributed by atoms with Crippen LogP contribution in [-0.2, 0) is 9.53 Å². The number of rotatable bonds is 4. The molecule has 0 aliphatic carbocycles. The van der Waals surface area contributed by atoms with E-state index in [1.165, 1.54) is 36.1 Å². The molecule has 3 aromatic rings. The highest BCUT2D eigenvalue weighted by molar-refractivity contribution is 6.14. The van der Waals surface area contributed by atoms with E-state index in [0.29, 0.717) is 11.1 Å². The minimum atomic E-state index is -0.839. The Morgan fingerprint density at radius 3 is 2.50 bits per heavy atom. The van der Waals surface area contributed by atoms with Crippen LogP contribution >= 0.6 is 0 Å². The Morgan fingerprint density at radius 2 is 1.82 bits per heavy atom. The minimum Gasteiger partial charge on any atom is -0.464 e. The molecule has 0 saturated carbocycles. The molecule has 140 valence electrons. The Kier molecular flexibility index (Phi) is 4.40. The van der Waals surface area contributed by atoms with Gasteiger partial charge < -0.3 is 10.1 Å². The van der Waals surface area contributed by atoms with E-state index in [0.717, 1.165) is 0 Å². The lowest BCUT2D eigenvalue weighted by atomic mass is 9.89. The van der Waals surface area contributed by atoms with Gasteiger partial charge in [-0.05, 0) is 28.1 Å². The summed E-state index contributed by atoms with van der Waals surface area (Å²) >= 11 is 0. The highest BCUT2D eigenvalue weighted by Crippen LogP contribution is 2.36. The van der Waals surface area contributed by atoms with Gasteiger partial charge in [0.1, 0.15) is 17.6 Å². The standard InChI is InChI=1S/C19H14FN5O3/c1-28-18(27)15-14(17(26)12-5-3-2-4-6-12)16(11-7-9-13(20)10-8-11)25-19(21-15)22-23-24-25/h2-10,16H,1H3,(H,21,22,24)/t16-/m0/s1. The number of Topliss-reactive ketones (excluding diaryl/α,β-unsaturated/α-hetero) is 1. The molecule has 1 aliphatic rings. The molecule has 1 aromatic heterocycles. The molecule has 1 atom stereocenters. The molecule has 0 radical (unpaired) electrons. The summed E-state index contributed by atoms with van der Waals surface area (Å²) in [6.45, 7) is 0. The zero-order valence-corrected chi connectivity index (χ0v) is 14.7. The Labute approximate surface area is 158 Å². The lowest BCUT2D eigenvalue weighted by Crippen LogP contribution is -2.32. The van der Waals surface area contributed by atoms with E-state index in [-0.39, 0.29) is 17.2 Å². The molecule has 2 heterocycles. The molecular weight excluding hydrogens is 365 g/mol. The molecule has 8 nitrogen and oxygen atoms in total. The van der Waals surface area contributed by atoms with Gasteiger partial charge in [0.25, 0.3) is 0 Å². The van der Waals surface area contributed by atoms with E-state index in [1.54, 1.807) is 30.3 Å². The molecule has 4 rings (SSSR count). The van der Waals surface area contributed by atoms with Gasteiger partial charge in [-0.25, -0.2) is 9.18 Å². The summed E-state index contributed by atoms with van der Waals surface area (Å²) in [6.07, 6.45) is 0. The molecule has 1 N–H and O–H groups in total. The summed E-state index contributed by atoms with van der Waals surface area (Å²) < 4.78 is 19.7. The lowest BCUT2D eigenvalue weighted by molar-refractivity contribution is -0.136. The number of carbonyl (C=O) groups is 2. The molecule has 0 unspecified atom stereocenters. The number of nitrogens with zero attached hydrogens (tertiary/aromatic N) is 4. The fourth-order valence-corrected chi connectivity index (χ4v) is 3.09. The number of tetrazole rings is 1. The molecule has 0 fully saturated rings. The minimum absolute atomic E-state index is 0.0621. The van der Waals surface area contributed by atoms with Crippen molar-refractivity contribution in [1.82, 2.24) is 20.2 Å². The molecule has 0 spiro atoms. The molecule has 28 heavy (non-hydrogen) atoms. The average Bonchev–Trinajstić information content (AvgIpc) is 3.21. The first-order valence-electron chi connectivity index (χ1n) is 8.32. The quantitative estimate of drug-likeness (QED) is 0.548. The van der Waals surface area contributed by atoms with Gasteiger partial charge in [0, 0.05) is 5.56 Å². The number of hydrogen-bond acceptors (Lipinski definition) is 7. The van der Waals surface area contributed by atoms with Gasteiger partial charge in [-0.3, -0.25) is 4.79 Å². The van der Waals surface area contributed by atoms with Gasteiger partial charge in [0.2, 0.25) is 5.95 Å². The van der Waals surface area contributed by atoms with Crippen LogP contribution in [0.4, 0.5) is 10.3 Å². The van der Waals surface area contributed by atoms with Crippen LogP contribution in [0, 0.1) is 5.82 Å². The van der Waals surface area contributed by atoms with Crippen molar-refractivity contribution in [2.75, 3.05) is 12.4 Å². The van der Waals surface area contributed by atoms with Crippen molar-refractivity contribution in [3.63, 3.8) is 0 Å². The second-order valence-corrected chi connectivity index (χ2v) is 6.00. The van der Waals surface area contributed by atoms with E-state index in [1.807, 2.05) is 0 Å². The van der Waals surface area contributed by atoms with E-state index in [2.05, 4.69) is 20.8 Å². The van der Waals surface area contributed by atoms with Crippen LogP contribution in [0.2, 0.25) is 0 Å². The summed E-state index contributed by atoms with van der Waals surface area (Å²) in [6, 6.07) is 13.2. The summed E-state index contributed by atoms with van der Waals surface area (Å²) in [7, 11) is 1.21. The number of hydrogen-bond donors (Lipinski definition) is 1. The first-order valence-corrected chi connectivity index (χ1v) is 8.32. The third-order valence-corrected chi connectivity index (χ3v) is 4.37. The van der Waals surface area contributed by atoms with Crippen LogP contribution < -0.4 is 5.32 Å². The SMILES string of the molecule is COC(=O)C1=C(C(=O)c2ccccc2)[C@H](c2ccc(F)cc2)n2nnnc2N1. The molecule has 0 bridgehead atoms. The highest BCUT2D eigenvalue weighted by atomic mass is 19.1. The third kappa shape index (κ3) is 2.92. The summed E-state index contributed by atoms with van der Waals surface area (Å²) in [5, 5.41) is 14.2. The normalized spacial score (nSPS) is 15.6. The van der Waals surface area contributed by atoms with Crippen LogP contribution in [0.3, 0.4) is 0 Å². The van der Waals surface area contributed by atoms with E-state index < -0.39 is 23.6 Å². The number of ketones is 1. The number of methoxy groups -OCH3 is 1. The van der Waals surface area contributed by atoms with Crippen molar-refractivity contribution in [2.45, 2.75) is 6.04 Å². The number of anilines is 1. The van der Waals surface area contributed by atoms with E-state index in [9.17, 15) is 14.0 Å². The average molecular weight is 379 g/mol. The Morgan fingerprint density at radius 1 is 1.11 bits per heavy atom. The zero-order valence-electron chi connectivity index (χ0n) is 14.7. The number of ether oxygens (including phenoxy) is 1. The first-order chi connectivity index (χ1) is 13.6. The molecule has 2 aromatic carbocycles. The maximum Gasteiger partial charge on any atom is 0.355 e. The number of nitrogens with one attached hydrogen (secondary N) is 1. The Hall–Kier alpha value is -3.88. The maximum absolute atomic E-state index is 13.5. The number of aromatic nitrogens is 4. The Balaban J connectivity index is 1.95. The van der Waals surface area contributed by atoms with Crippen LogP contribution in [0.1, 0.15) is 22.0 Å². The van der Waals surface area contributed by atoms with Crippen molar-refractivity contribution in [3.8, 4) is 0 Å². The van der Waals surface area contributed by atoms with Crippen LogP contribution in [-0.4, -0.2) is 39.1 Å². The summed E-state index contributed by atoms with van der Waals surface area (Å²) in [5.41, 5.74) is 0.957. The molecule has 9 heteroatoms. The predicted octanol–water partition coefficient (Wildman–Crippen LogP) is 2.14. The van der Waals surface area contributed by atoms with Crippen molar-refractivity contribution < 1.29 is 18.7 Å². The number of esters is 1. The lowest BCUT2D eigenvalue weighted by Gasteiger charge is -2.28. The number of halogens is 1. The molecule has 0 saturated heterocycles. The first kappa shape index (κ1) is 17.5. The molecule has 0 amide bonds. The number of benzene rings is 2. The van der Waals surface area contributed by atoms with Gasteiger partial charge in [0.15, 0.2) is 5.78 Å². The maximum atomic E-state index is 13.5. The van der Waals surface area contributed by atoms with Gasteiger partial charge in [-0.1, -0.05) is 47.6 Å². The second kappa shape index (κ2) is 7.03. The predicted molar refractivity (Wildman–Crippen MR) is 95.8 cm³/mol. The highest BCUT2D eigenvalue weighted by Gasteiger charge is 2.38. The number of fused-ring (bicyclic) bond motifs is 1. The monoisotopic (exact) mass is 379 g/mol. The van der Waals surface area contributed by atoms with E-state index in [4.69, 9.17) is 4.74 Å². The summed E-state index contributed by atoms with van der Waals surface area (Å²) in [5.74, 6) is -1.40. The largest absolute Gasteiger partial charge is 0.464 e. The third-order valence-electron chi connectivity index (χ3n) is 4.37. The summed E-state index contributed by atoms with van der Waals surface area (Å²) in [4.78, 5) is 25.8. The van der Waals surface area contributed by atoms with Crippen molar-refractivity contribution in [3.05, 3.63) is 82.8 Å². The molecular formula is C19H14FN5O3. The van der Waals surface area contributed by atoms with Gasteiger partial charge in [0.05, 0.1) is 12.7 Å². The van der Waals surface area contributed by atoms with E-state index >= 15 is 0 Å².